The molecule has 0 amide bonds. The van der Waals surface area contributed by atoms with Crippen LogP contribution in [0, 0.1) is 6.92 Å². The van der Waals surface area contributed by atoms with E-state index in [2.05, 4.69) is 15.3 Å². The van der Waals surface area contributed by atoms with Crippen molar-refractivity contribution in [3.63, 3.8) is 0 Å². The molecule has 26 heavy (non-hydrogen) atoms. The van der Waals surface area contributed by atoms with Crippen molar-refractivity contribution in [1.82, 2.24) is 14.5 Å². The number of nitrogens with zero attached hydrogens (tertiary/aromatic N) is 3. The summed E-state index contributed by atoms with van der Waals surface area (Å²) < 4.78 is 7.23. The zero-order valence-corrected chi connectivity index (χ0v) is 14.1. The smallest absolute Gasteiger partial charge is 0.164 e. The molecule has 136 valence electrons. The maximum absolute atomic E-state index is 10.3. The fraction of sp³-hybridized carbons (Fsp3) is 0.333. The van der Waals surface area contributed by atoms with E-state index in [-0.39, 0.29) is 6.61 Å². The van der Waals surface area contributed by atoms with Gasteiger partial charge in [0, 0.05) is 11.9 Å². The zero-order chi connectivity index (χ0) is 18.3. The predicted octanol–water partition coefficient (Wildman–Crippen LogP) is 1.09. The molecule has 0 radical (unpaired) electrons. The Morgan fingerprint density at radius 1 is 1.12 bits per heavy atom. The number of ether oxygens (including phenoxy) is 1. The van der Waals surface area contributed by atoms with Gasteiger partial charge in [0.2, 0.25) is 0 Å². The molecule has 0 unspecified atom stereocenters. The number of aryl methyl sites for hydroxylation is 1. The normalized spacial score (nSPS) is 25.7. The first-order valence-electron chi connectivity index (χ1n) is 8.36. The quantitative estimate of drug-likeness (QED) is 0.554. The lowest BCUT2D eigenvalue weighted by molar-refractivity contribution is -0.0508. The van der Waals surface area contributed by atoms with Crippen molar-refractivity contribution in [2.45, 2.75) is 31.5 Å². The molecule has 4 rings (SSSR count). The molecule has 8 heteroatoms. The van der Waals surface area contributed by atoms with Crippen molar-refractivity contribution < 1.29 is 20.1 Å². The lowest BCUT2D eigenvalue weighted by Gasteiger charge is -2.17. The van der Waals surface area contributed by atoms with Crippen LogP contribution in [0.15, 0.2) is 42.9 Å². The summed E-state index contributed by atoms with van der Waals surface area (Å²) in [6.45, 7) is 1.65. The Morgan fingerprint density at radius 2 is 1.88 bits per heavy atom. The third-order valence-electron chi connectivity index (χ3n) is 4.61. The van der Waals surface area contributed by atoms with Gasteiger partial charge in [0.1, 0.15) is 36.1 Å². The van der Waals surface area contributed by atoms with Crippen LogP contribution in [-0.2, 0) is 4.74 Å². The van der Waals surface area contributed by atoms with Crippen LogP contribution in [0.5, 0.6) is 0 Å². The van der Waals surface area contributed by atoms with E-state index in [1.54, 1.807) is 10.8 Å². The highest BCUT2D eigenvalue weighted by Crippen LogP contribution is 2.33. The first-order chi connectivity index (χ1) is 12.6. The Balaban J connectivity index is 1.68. The number of fused-ring (bicyclic) bond motifs is 1. The summed E-state index contributed by atoms with van der Waals surface area (Å²) in [4.78, 5) is 8.59. The van der Waals surface area contributed by atoms with Crippen LogP contribution in [-0.4, -0.2) is 54.8 Å². The molecule has 0 bridgehead atoms. The molecule has 1 aliphatic rings. The number of nitrogens with one attached hydrogen (secondary N) is 1. The van der Waals surface area contributed by atoms with E-state index in [9.17, 15) is 15.3 Å². The SMILES string of the molecule is Cc1ccc(Nc2ncnc3c2ccn3[C@@H]2O[C@H](CO)[C@@H](O)[C@H]2O)cc1. The molecule has 4 atom stereocenters. The summed E-state index contributed by atoms with van der Waals surface area (Å²) in [5.74, 6) is 0.629. The van der Waals surface area contributed by atoms with Crippen LogP contribution < -0.4 is 5.32 Å². The second kappa shape index (κ2) is 6.65. The predicted molar refractivity (Wildman–Crippen MR) is 95.0 cm³/mol. The summed E-state index contributed by atoms with van der Waals surface area (Å²) in [6, 6.07) is 9.76. The van der Waals surface area contributed by atoms with Crippen molar-refractivity contribution in [3.8, 4) is 0 Å². The summed E-state index contributed by atoms with van der Waals surface area (Å²) in [7, 11) is 0. The highest BCUT2D eigenvalue weighted by Gasteiger charge is 2.43. The van der Waals surface area contributed by atoms with Crippen LogP contribution in [0.2, 0.25) is 0 Å². The first kappa shape index (κ1) is 16.9. The van der Waals surface area contributed by atoms with Crippen LogP contribution in [0.1, 0.15) is 11.8 Å². The van der Waals surface area contributed by atoms with E-state index in [4.69, 9.17) is 4.74 Å². The maximum Gasteiger partial charge on any atom is 0.164 e. The largest absolute Gasteiger partial charge is 0.394 e. The van der Waals surface area contributed by atoms with Gasteiger partial charge in [0.25, 0.3) is 0 Å². The van der Waals surface area contributed by atoms with Crippen LogP contribution in [0.25, 0.3) is 11.0 Å². The Kier molecular flexibility index (Phi) is 4.33. The van der Waals surface area contributed by atoms with Crippen molar-refractivity contribution >= 4 is 22.5 Å². The van der Waals surface area contributed by atoms with Crippen molar-refractivity contribution in [2.24, 2.45) is 0 Å². The number of hydrogen-bond acceptors (Lipinski definition) is 7. The number of aromatic nitrogens is 3. The number of benzene rings is 1. The second-order valence-electron chi connectivity index (χ2n) is 6.40. The van der Waals surface area contributed by atoms with E-state index < -0.39 is 24.5 Å². The molecule has 0 saturated carbocycles. The van der Waals surface area contributed by atoms with Gasteiger partial charge in [-0.1, -0.05) is 17.7 Å². The van der Waals surface area contributed by atoms with Crippen molar-refractivity contribution in [1.29, 1.82) is 0 Å². The molecule has 2 aromatic heterocycles. The fourth-order valence-corrected chi connectivity index (χ4v) is 3.16. The minimum atomic E-state index is -1.16. The van der Waals surface area contributed by atoms with E-state index in [0.717, 1.165) is 11.1 Å². The Labute approximate surface area is 149 Å². The van der Waals surface area contributed by atoms with Gasteiger partial charge < -0.3 is 29.9 Å². The third kappa shape index (κ3) is 2.82. The zero-order valence-electron chi connectivity index (χ0n) is 14.1. The number of rotatable bonds is 4. The number of anilines is 2. The van der Waals surface area contributed by atoms with Gasteiger partial charge in [-0.15, -0.1) is 0 Å². The lowest BCUT2D eigenvalue weighted by Crippen LogP contribution is -2.33. The summed E-state index contributed by atoms with van der Waals surface area (Å²) in [6.07, 6.45) is -0.835. The van der Waals surface area contributed by atoms with Gasteiger partial charge in [0.15, 0.2) is 6.23 Å². The topological polar surface area (TPSA) is 113 Å². The standard InChI is InChI=1S/C18H20N4O4/c1-10-2-4-11(5-3-10)21-16-12-6-7-22(17(12)20-9-19-16)18-15(25)14(24)13(8-23)26-18/h2-7,9,13-15,18,23-25H,8H2,1H3,(H,19,20,21)/t13-,14-,15-,18-/m1/s1. The average molecular weight is 356 g/mol. The molecule has 3 aromatic rings. The van der Waals surface area contributed by atoms with Crippen LogP contribution in [0.4, 0.5) is 11.5 Å². The first-order valence-corrected chi connectivity index (χ1v) is 8.36. The highest BCUT2D eigenvalue weighted by molar-refractivity contribution is 5.89. The highest BCUT2D eigenvalue weighted by atomic mass is 16.6. The number of aliphatic hydroxyl groups is 3. The Hall–Kier alpha value is -2.52. The van der Waals surface area contributed by atoms with Gasteiger partial charge >= 0.3 is 0 Å². The maximum atomic E-state index is 10.3. The molecule has 0 aliphatic carbocycles. The third-order valence-corrected chi connectivity index (χ3v) is 4.61. The summed E-state index contributed by atoms with van der Waals surface area (Å²) in [5.41, 5.74) is 2.62. The monoisotopic (exact) mass is 356 g/mol. The second-order valence-corrected chi connectivity index (χ2v) is 6.40. The van der Waals surface area contributed by atoms with E-state index in [1.807, 2.05) is 37.3 Å². The average Bonchev–Trinajstić information content (AvgIpc) is 3.19. The number of aliphatic hydroxyl groups excluding tert-OH is 3. The van der Waals surface area contributed by atoms with Gasteiger partial charge in [-0.3, -0.25) is 0 Å². The molecule has 1 aromatic carbocycles. The van der Waals surface area contributed by atoms with Gasteiger partial charge in [-0.25, -0.2) is 9.97 Å². The van der Waals surface area contributed by atoms with Crippen LogP contribution in [0.3, 0.4) is 0 Å². The Bertz CT molecular complexity index is 911. The lowest BCUT2D eigenvalue weighted by atomic mass is 10.1. The fourth-order valence-electron chi connectivity index (χ4n) is 3.16. The van der Waals surface area contributed by atoms with E-state index in [0.29, 0.717) is 11.5 Å². The van der Waals surface area contributed by atoms with Gasteiger partial charge in [-0.2, -0.15) is 0 Å². The van der Waals surface area contributed by atoms with E-state index in [1.165, 1.54) is 11.9 Å². The number of hydrogen-bond donors (Lipinski definition) is 4. The van der Waals surface area contributed by atoms with E-state index >= 15 is 0 Å². The Morgan fingerprint density at radius 3 is 2.58 bits per heavy atom. The molecular weight excluding hydrogens is 336 g/mol. The van der Waals surface area contributed by atoms with Crippen molar-refractivity contribution in [2.75, 3.05) is 11.9 Å². The minimum Gasteiger partial charge on any atom is -0.394 e. The van der Waals surface area contributed by atoms with Gasteiger partial charge in [-0.05, 0) is 25.1 Å². The molecule has 0 spiro atoms. The van der Waals surface area contributed by atoms with Crippen LogP contribution >= 0.6 is 0 Å². The minimum absolute atomic E-state index is 0.372. The summed E-state index contributed by atoms with van der Waals surface area (Å²) in [5, 5.41) is 33.5. The molecule has 3 heterocycles. The molecule has 8 nitrogen and oxygen atoms in total. The molecule has 1 fully saturated rings. The summed E-state index contributed by atoms with van der Waals surface area (Å²) >= 11 is 0. The molecule has 1 saturated heterocycles. The van der Waals surface area contributed by atoms with Crippen molar-refractivity contribution in [3.05, 3.63) is 48.4 Å². The molecule has 4 N–H and O–H groups in total. The molecular formula is C18H20N4O4. The van der Waals surface area contributed by atoms with Gasteiger partial charge in [0.05, 0.1) is 12.0 Å². The molecule has 1 aliphatic heterocycles.